The fraction of sp³-hybridized carbons (Fsp3) is 0.333. The molecule has 23 heavy (non-hydrogen) atoms. The highest BCUT2D eigenvalue weighted by Gasteiger charge is 2.30. The molecule has 0 aromatic carbocycles. The van der Waals surface area contributed by atoms with E-state index >= 15 is 0 Å². The monoisotopic (exact) mass is 311 g/mol. The Hall–Kier alpha value is -2.56. The van der Waals surface area contributed by atoms with Crippen LogP contribution in [0.2, 0.25) is 0 Å². The second-order valence-electron chi connectivity index (χ2n) is 5.80. The van der Waals surface area contributed by atoms with Crippen molar-refractivity contribution in [2.75, 3.05) is 0 Å². The Labute approximate surface area is 135 Å². The molecular formula is C18H21N3O2. The molecule has 0 unspecified atom stereocenters. The number of aromatic nitrogens is 2. The largest absolute Gasteiger partial charge is 0.454 e. The lowest BCUT2D eigenvalue weighted by Gasteiger charge is -2.36. The summed E-state index contributed by atoms with van der Waals surface area (Å²) < 4.78 is 7.66. The molecule has 0 saturated heterocycles. The fourth-order valence-electron chi connectivity index (χ4n) is 2.99. The minimum atomic E-state index is -0.0643. The van der Waals surface area contributed by atoms with Crippen molar-refractivity contribution in [3.63, 3.8) is 0 Å². The zero-order chi connectivity index (χ0) is 16.2. The van der Waals surface area contributed by atoms with Gasteiger partial charge in [0.2, 0.25) is 0 Å². The molecule has 0 fully saturated rings. The predicted molar refractivity (Wildman–Crippen MR) is 88.0 cm³/mol. The summed E-state index contributed by atoms with van der Waals surface area (Å²) >= 11 is 0. The summed E-state index contributed by atoms with van der Waals surface area (Å²) in [5.41, 5.74) is 0. The van der Waals surface area contributed by atoms with E-state index in [1.54, 1.807) is 18.6 Å². The Morgan fingerprint density at radius 2 is 2.39 bits per heavy atom. The van der Waals surface area contributed by atoms with Gasteiger partial charge in [-0.1, -0.05) is 18.2 Å². The number of amides is 1. The minimum Gasteiger partial charge on any atom is -0.454 e. The first kappa shape index (κ1) is 15.3. The topological polar surface area (TPSA) is 51.3 Å². The highest BCUT2D eigenvalue weighted by molar-refractivity contribution is 5.92. The Kier molecular flexibility index (Phi) is 4.46. The SMILES string of the molecule is C=CC[C@@H]1CC=C[C@@H](C)N1C(=O)c1ccc(Cn2ccnc2)o1. The number of rotatable bonds is 5. The molecule has 5 nitrogen and oxygen atoms in total. The minimum absolute atomic E-state index is 0.0587. The van der Waals surface area contributed by atoms with Crippen LogP contribution in [0.3, 0.4) is 0 Å². The summed E-state index contributed by atoms with van der Waals surface area (Å²) in [6, 6.07) is 3.80. The highest BCUT2D eigenvalue weighted by atomic mass is 16.4. The van der Waals surface area contributed by atoms with Gasteiger partial charge in [-0.2, -0.15) is 0 Å². The molecule has 0 spiro atoms. The normalized spacial score (nSPS) is 20.7. The van der Waals surface area contributed by atoms with Crippen LogP contribution in [0.15, 0.2) is 60.1 Å². The van der Waals surface area contributed by atoms with Crippen LogP contribution in [0.25, 0.3) is 0 Å². The lowest BCUT2D eigenvalue weighted by Crippen LogP contribution is -2.46. The summed E-state index contributed by atoms with van der Waals surface area (Å²) in [7, 11) is 0. The van der Waals surface area contributed by atoms with Crippen molar-refractivity contribution >= 4 is 5.91 Å². The lowest BCUT2D eigenvalue weighted by molar-refractivity contribution is 0.0587. The Morgan fingerprint density at radius 1 is 1.52 bits per heavy atom. The molecule has 1 aliphatic heterocycles. The zero-order valence-electron chi connectivity index (χ0n) is 13.3. The molecule has 5 heteroatoms. The van der Waals surface area contributed by atoms with Gasteiger partial charge >= 0.3 is 0 Å². The van der Waals surface area contributed by atoms with E-state index in [9.17, 15) is 4.79 Å². The maximum absolute atomic E-state index is 12.9. The Bertz CT molecular complexity index is 700. The third-order valence-electron chi connectivity index (χ3n) is 4.10. The number of hydrogen-bond acceptors (Lipinski definition) is 3. The van der Waals surface area contributed by atoms with Crippen LogP contribution in [-0.4, -0.2) is 32.4 Å². The summed E-state index contributed by atoms with van der Waals surface area (Å²) in [5, 5.41) is 0. The fourth-order valence-corrected chi connectivity index (χ4v) is 2.99. The molecule has 3 rings (SSSR count). The number of carbonyl (C=O) groups excluding carboxylic acids is 1. The van der Waals surface area contributed by atoms with Crippen molar-refractivity contribution in [1.82, 2.24) is 14.5 Å². The quantitative estimate of drug-likeness (QED) is 0.796. The molecule has 0 bridgehead atoms. The molecule has 1 amide bonds. The van der Waals surface area contributed by atoms with Crippen molar-refractivity contribution in [2.45, 2.75) is 38.4 Å². The average molecular weight is 311 g/mol. The molecule has 3 heterocycles. The lowest BCUT2D eigenvalue weighted by atomic mass is 10.00. The van der Waals surface area contributed by atoms with Gasteiger partial charge in [-0.15, -0.1) is 6.58 Å². The molecule has 0 radical (unpaired) electrons. The molecule has 1 aliphatic rings. The van der Waals surface area contributed by atoms with E-state index < -0.39 is 0 Å². The maximum Gasteiger partial charge on any atom is 0.290 e. The molecular weight excluding hydrogens is 290 g/mol. The van der Waals surface area contributed by atoms with Gasteiger partial charge in [0.25, 0.3) is 5.91 Å². The molecule has 120 valence electrons. The van der Waals surface area contributed by atoms with E-state index in [0.717, 1.165) is 18.6 Å². The molecule has 0 aliphatic carbocycles. The van der Waals surface area contributed by atoms with Crippen LogP contribution in [0.4, 0.5) is 0 Å². The molecule has 0 N–H and O–H groups in total. The second kappa shape index (κ2) is 6.69. The third-order valence-corrected chi connectivity index (χ3v) is 4.10. The van der Waals surface area contributed by atoms with Crippen LogP contribution >= 0.6 is 0 Å². The number of imidazole rings is 1. The third kappa shape index (κ3) is 3.28. The predicted octanol–water partition coefficient (Wildman–Crippen LogP) is 3.26. The van der Waals surface area contributed by atoms with Crippen molar-refractivity contribution in [1.29, 1.82) is 0 Å². The first-order chi connectivity index (χ1) is 11.2. The first-order valence-electron chi connectivity index (χ1n) is 7.83. The van der Waals surface area contributed by atoms with Gasteiger partial charge in [0.15, 0.2) is 5.76 Å². The summed E-state index contributed by atoms with van der Waals surface area (Å²) in [5.74, 6) is 1.06. The van der Waals surface area contributed by atoms with E-state index in [1.165, 1.54) is 0 Å². The second-order valence-corrected chi connectivity index (χ2v) is 5.80. The van der Waals surface area contributed by atoms with Crippen molar-refractivity contribution in [3.8, 4) is 0 Å². The molecule has 2 aromatic heterocycles. The number of nitrogens with zero attached hydrogens (tertiary/aromatic N) is 3. The van der Waals surface area contributed by atoms with Crippen LogP contribution in [-0.2, 0) is 6.54 Å². The highest BCUT2D eigenvalue weighted by Crippen LogP contribution is 2.23. The van der Waals surface area contributed by atoms with Crippen LogP contribution < -0.4 is 0 Å². The smallest absolute Gasteiger partial charge is 0.290 e. The molecule has 2 aromatic rings. The van der Waals surface area contributed by atoms with E-state index in [4.69, 9.17) is 4.42 Å². The van der Waals surface area contributed by atoms with Crippen molar-refractivity contribution < 1.29 is 9.21 Å². The Morgan fingerprint density at radius 3 is 3.13 bits per heavy atom. The number of hydrogen-bond donors (Lipinski definition) is 0. The number of carbonyl (C=O) groups is 1. The van der Waals surface area contributed by atoms with E-state index in [2.05, 4.69) is 23.7 Å². The summed E-state index contributed by atoms with van der Waals surface area (Å²) in [4.78, 5) is 18.7. The van der Waals surface area contributed by atoms with Gasteiger partial charge in [0.05, 0.1) is 12.9 Å². The average Bonchev–Trinajstić information content (AvgIpc) is 3.20. The van der Waals surface area contributed by atoms with Crippen LogP contribution in [0.1, 0.15) is 36.1 Å². The van der Waals surface area contributed by atoms with Gasteiger partial charge in [-0.3, -0.25) is 4.79 Å². The van der Waals surface area contributed by atoms with Gasteiger partial charge in [0.1, 0.15) is 5.76 Å². The van der Waals surface area contributed by atoms with Gasteiger partial charge in [-0.05, 0) is 31.9 Å². The zero-order valence-corrected chi connectivity index (χ0v) is 13.3. The van der Waals surface area contributed by atoms with Gasteiger partial charge < -0.3 is 13.9 Å². The Balaban J connectivity index is 1.77. The molecule has 2 atom stereocenters. The van der Waals surface area contributed by atoms with Gasteiger partial charge in [0, 0.05) is 24.5 Å². The maximum atomic E-state index is 12.9. The van der Waals surface area contributed by atoms with E-state index in [-0.39, 0.29) is 18.0 Å². The van der Waals surface area contributed by atoms with Crippen molar-refractivity contribution in [2.24, 2.45) is 0 Å². The first-order valence-corrected chi connectivity index (χ1v) is 7.83. The summed E-state index contributed by atoms with van der Waals surface area (Å²) in [6.45, 7) is 6.39. The van der Waals surface area contributed by atoms with E-state index in [1.807, 2.05) is 34.7 Å². The number of furan rings is 1. The summed E-state index contributed by atoms with van der Waals surface area (Å²) in [6.07, 6.45) is 13.0. The van der Waals surface area contributed by atoms with E-state index in [0.29, 0.717) is 12.3 Å². The van der Waals surface area contributed by atoms with Gasteiger partial charge in [-0.25, -0.2) is 4.98 Å². The van der Waals surface area contributed by atoms with Crippen molar-refractivity contribution in [3.05, 3.63) is 67.2 Å². The molecule has 0 saturated carbocycles. The van der Waals surface area contributed by atoms with Crippen LogP contribution in [0, 0.1) is 0 Å². The van der Waals surface area contributed by atoms with Crippen LogP contribution in [0.5, 0.6) is 0 Å². The standard InChI is InChI=1S/C18H21N3O2/c1-3-5-15-7-4-6-14(2)21(15)18(22)17-9-8-16(23-17)12-20-11-10-19-13-20/h3-4,6,8-11,13-15H,1,5,7,12H2,2H3/t14-,15-/m1/s1.